The molecule has 0 aliphatic carbocycles. The van der Waals surface area contributed by atoms with Crippen LogP contribution in [0.1, 0.15) is 12.8 Å². The smallest absolute Gasteiger partial charge is 0.0967 e. The van der Waals surface area contributed by atoms with Crippen LogP contribution in [0.15, 0.2) is 0 Å². The number of rotatable bonds is 0. The highest BCUT2D eigenvalue weighted by atomic mass is 35.5. The zero-order chi connectivity index (χ0) is 7.82. The molecule has 0 aromatic heterocycles. The highest BCUT2D eigenvalue weighted by Crippen LogP contribution is 1.99. The van der Waals surface area contributed by atoms with Crippen molar-refractivity contribution >= 4 is 23.2 Å². The number of aliphatic hydroxyl groups excluding tert-OH is 1. The molecule has 2 nitrogen and oxygen atoms in total. The summed E-state index contributed by atoms with van der Waals surface area (Å²) in [6.45, 7) is 1.97. The van der Waals surface area contributed by atoms with Gasteiger partial charge in [-0.15, -0.1) is 23.2 Å². The van der Waals surface area contributed by atoms with Crippen LogP contribution in [0.3, 0.4) is 0 Å². The van der Waals surface area contributed by atoms with Crippen LogP contribution < -0.4 is 5.32 Å². The van der Waals surface area contributed by atoms with Crippen LogP contribution in [-0.2, 0) is 0 Å². The molecule has 10 heavy (non-hydrogen) atoms. The van der Waals surface area contributed by atoms with E-state index in [-0.39, 0.29) is 11.4 Å². The summed E-state index contributed by atoms with van der Waals surface area (Å²) in [6, 6.07) is 0. The Balaban J connectivity index is 0.000000236. The molecular weight excluding hydrogens is 173 g/mol. The maximum Gasteiger partial charge on any atom is 0.0967 e. The molecule has 2 N–H and O–H groups in total. The van der Waals surface area contributed by atoms with Gasteiger partial charge in [0.25, 0.3) is 0 Å². The van der Waals surface area contributed by atoms with Gasteiger partial charge in [-0.3, -0.25) is 0 Å². The molecular formula is C6H13Cl2NO. The number of alkyl halides is 2. The van der Waals surface area contributed by atoms with E-state index < -0.39 is 0 Å². The van der Waals surface area contributed by atoms with Gasteiger partial charge in [0.15, 0.2) is 0 Å². The predicted molar refractivity (Wildman–Crippen MR) is 44.7 cm³/mol. The Morgan fingerprint density at radius 1 is 1.30 bits per heavy atom. The number of hydrogen-bond donors (Lipinski definition) is 2. The maximum atomic E-state index is 8.87. The van der Waals surface area contributed by atoms with Crippen LogP contribution in [-0.4, -0.2) is 29.6 Å². The third-order valence-corrected chi connectivity index (χ3v) is 1.31. The van der Waals surface area contributed by atoms with E-state index in [4.69, 9.17) is 28.3 Å². The summed E-state index contributed by atoms with van der Waals surface area (Å²) in [5, 5.41) is 12.2. The lowest BCUT2D eigenvalue weighted by Gasteiger charge is -2.16. The van der Waals surface area contributed by atoms with E-state index in [0.717, 1.165) is 25.9 Å². The van der Waals surface area contributed by atoms with Crippen molar-refractivity contribution in [2.24, 2.45) is 0 Å². The fraction of sp³-hybridized carbons (Fsp3) is 1.00. The molecule has 0 aromatic rings. The summed E-state index contributed by atoms with van der Waals surface area (Å²) >= 11 is 9.53. The van der Waals surface area contributed by atoms with Gasteiger partial charge in [0.05, 0.1) is 11.4 Å². The molecule has 1 fully saturated rings. The van der Waals surface area contributed by atoms with Crippen molar-refractivity contribution in [3.63, 3.8) is 0 Å². The Bertz CT molecular complexity index is 66.8. The van der Waals surface area contributed by atoms with Crippen molar-refractivity contribution in [2.75, 3.05) is 18.4 Å². The molecule has 0 aromatic carbocycles. The van der Waals surface area contributed by atoms with E-state index in [1.165, 1.54) is 0 Å². The summed E-state index contributed by atoms with van der Waals surface area (Å²) in [6.07, 6.45) is 1.83. The second kappa shape index (κ2) is 7.61. The van der Waals surface area contributed by atoms with Gasteiger partial charge < -0.3 is 10.4 Å². The fourth-order valence-corrected chi connectivity index (χ4v) is 0.807. The Labute approximate surface area is 71.5 Å². The molecule has 62 valence electrons. The largest absolute Gasteiger partial charge is 0.393 e. The van der Waals surface area contributed by atoms with Gasteiger partial charge in [0.2, 0.25) is 0 Å². The lowest BCUT2D eigenvalue weighted by Crippen LogP contribution is -2.30. The zero-order valence-corrected chi connectivity index (χ0v) is 7.33. The minimum absolute atomic E-state index is 0.0266. The van der Waals surface area contributed by atoms with Crippen LogP contribution in [0.4, 0.5) is 0 Å². The summed E-state index contributed by atoms with van der Waals surface area (Å²) in [4.78, 5) is 0. The predicted octanol–water partition coefficient (Wildman–Crippen LogP) is 1.15. The Hall–Kier alpha value is 0.500. The Morgan fingerprint density at radius 2 is 1.70 bits per heavy atom. The fourth-order valence-electron chi connectivity index (χ4n) is 0.807. The van der Waals surface area contributed by atoms with Gasteiger partial charge >= 0.3 is 0 Å². The molecule has 0 amide bonds. The van der Waals surface area contributed by atoms with Crippen LogP contribution in [0, 0.1) is 0 Å². The molecule has 1 saturated heterocycles. The number of aliphatic hydroxyl groups is 1. The van der Waals surface area contributed by atoms with Crippen LogP contribution in [0.25, 0.3) is 0 Å². The maximum absolute atomic E-state index is 8.87. The first-order valence-corrected chi connectivity index (χ1v) is 4.39. The van der Waals surface area contributed by atoms with Gasteiger partial charge in [-0.2, -0.15) is 0 Å². The van der Waals surface area contributed by atoms with Crippen LogP contribution in [0.5, 0.6) is 0 Å². The number of nitrogens with one attached hydrogen (secondary N) is 1. The van der Waals surface area contributed by atoms with E-state index in [1.54, 1.807) is 0 Å². The average Bonchev–Trinajstić information content (AvgIpc) is 1.91. The lowest BCUT2D eigenvalue weighted by atomic mass is 10.1. The Kier molecular flexibility index (Phi) is 7.99. The van der Waals surface area contributed by atoms with Crippen molar-refractivity contribution in [1.82, 2.24) is 5.32 Å². The van der Waals surface area contributed by atoms with Gasteiger partial charge in [0, 0.05) is 0 Å². The van der Waals surface area contributed by atoms with E-state index in [1.807, 2.05) is 0 Å². The molecule has 1 heterocycles. The molecule has 0 unspecified atom stereocenters. The molecule has 1 aliphatic rings. The van der Waals surface area contributed by atoms with Gasteiger partial charge in [0.1, 0.15) is 0 Å². The highest BCUT2D eigenvalue weighted by molar-refractivity contribution is 6.40. The van der Waals surface area contributed by atoms with Gasteiger partial charge in [-0.1, -0.05) is 0 Å². The quantitative estimate of drug-likeness (QED) is 0.556. The van der Waals surface area contributed by atoms with Gasteiger partial charge in [-0.25, -0.2) is 0 Å². The molecule has 0 radical (unpaired) electrons. The summed E-state index contributed by atoms with van der Waals surface area (Å²) in [5.41, 5.74) is 0. The summed E-state index contributed by atoms with van der Waals surface area (Å²) in [5.74, 6) is 0. The second-order valence-corrected chi connectivity index (χ2v) is 2.89. The third kappa shape index (κ3) is 6.62. The van der Waals surface area contributed by atoms with E-state index in [2.05, 4.69) is 5.32 Å². The first-order valence-electron chi connectivity index (χ1n) is 3.32. The minimum atomic E-state index is -0.0266. The molecule has 1 aliphatic heterocycles. The first-order chi connectivity index (χ1) is 4.81. The van der Waals surface area contributed by atoms with Crippen molar-refractivity contribution < 1.29 is 5.11 Å². The molecule has 4 heteroatoms. The minimum Gasteiger partial charge on any atom is -0.393 e. The molecule has 0 atom stereocenters. The monoisotopic (exact) mass is 185 g/mol. The topological polar surface area (TPSA) is 32.3 Å². The lowest BCUT2D eigenvalue weighted by molar-refractivity contribution is 0.137. The van der Waals surface area contributed by atoms with E-state index in [0.29, 0.717) is 0 Å². The van der Waals surface area contributed by atoms with Crippen LogP contribution in [0.2, 0.25) is 0 Å². The first kappa shape index (κ1) is 10.5. The summed E-state index contributed by atoms with van der Waals surface area (Å²) < 4.78 is 0. The highest BCUT2D eigenvalue weighted by Gasteiger charge is 2.06. The van der Waals surface area contributed by atoms with Crippen molar-refractivity contribution in [3.8, 4) is 0 Å². The van der Waals surface area contributed by atoms with Crippen molar-refractivity contribution in [3.05, 3.63) is 0 Å². The SMILES string of the molecule is ClCCl.OC1CCNCC1. The van der Waals surface area contributed by atoms with E-state index >= 15 is 0 Å². The number of piperidine rings is 1. The van der Waals surface area contributed by atoms with Crippen molar-refractivity contribution in [2.45, 2.75) is 18.9 Å². The third-order valence-electron chi connectivity index (χ3n) is 1.31. The standard InChI is InChI=1S/C5H11NO.CH2Cl2/c7-5-1-3-6-4-2-5;2-1-3/h5-7H,1-4H2;1H2. The number of hydrogen-bond acceptors (Lipinski definition) is 2. The summed E-state index contributed by atoms with van der Waals surface area (Å²) in [7, 11) is 0. The molecule has 0 bridgehead atoms. The van der Waals surface area contributed by atoms with Crippen molar-refractivity contribution in [1.29, 1.82) is 0 Å². The second-order valence-electron chi connectivity index (χ2n) is 2.08. The normalized spacial score (nSPS) is 19.5. The van der Waals surface area contributed by atoms with Crippen LogP contribution >= 0.6 is 23.2 Å². The number of halogens is 2. The Morgan fingerprint density at radius 3 is 1.90 bits per heavy atom. The van der Waals surface area contributed by atoms with Gasteiger partial charge in [-0.05, 0) is 25.9 Å². The zero-order valence-electron chi connectivity index (χ0n) is 5.82. The molecule has 1 rings (SSSR count). The average molecular weight is 186 g/mol. The molecule has 0 spiro atoms. The van der Waals surface area contributed by atoms with E-state index in [9.17, 15) is 0 Å². The molecule has 0 saturated carbocycles.